The van der Waals surface area contributed by atoms with Crippen LogP contribution in [-0.4, -0.2) is 40.8 Å². The second-order valence-corrected chi connectivity index (χ2v) is 9.42. The molecule has 8 nitrogen and oxygen atoms in total. The Kier molecular flexibility index (Phi) is 5.41. The lowest BCUT2D eigenvalue weighted by molar-refractivity contribution is 0.378. The Balaban J connectivity index is 2.50. The molecule has 130 valence electrons. The summed E-state index contributed by atoms with van der Waals surface area (Å²) in [6, 6.07) is 4.73. The molecule has 0 spiro atoms. The number of hydrogen-bond donors (Lipinski definition) is 2. The van der Waals surface area contributed by atoms with Crippen molar-refractivity contribution in [1.29, 1.82) is 0 Å². The van der Waals surface area contributed by atoms with Crippen molar-refractivity contribution in [1.82, 2.24) is 9.97 Å². The average molecular weight is 441 g/mol. The van der Waals surface area contributed by atoms with Crippen LogP contribution in [0.25, 0.3) is 11.1 Å². The molecule has 0 radical (unpaired) electrons. The molecule has 0 fully saturated rings. The van der Waals surface area contributed by atoms with Crippen molar-refractivity contribution in [3.63, 3.8) is 0 Å². The average Bonchev–Trinajstić information content (AvgIpc) is 2.45. The predicted molar refractivity (Wildman–Crippen MR) is 85.8 cm³/mol. The molecule has 1 aromatic heterocycles. The molecule has 2 aromatic rings. The summed E-state index contributed by atoms with van der Waals surface area (Å²) in [5.41, 5.74) is -1.27. The Morgan fingerprint density at radius 1 is 1.33 bits per heavy atom. The van der Waals surface area contributed by atoms with Gasteiger partial charge in [0.25, 0.3) is 0 Å². The Labute approximate surface area is 144 Å². The van der Waals surface area contributed by atoms with Crippen LogP contribution in [0.1, 0.15) is 0 Å². The third-order valence-electron chi connectivity index (χ3n) is 2.80. The van der Waals surface area contributed by atoms with E-state index in [1.165, 1.54) is 13.2 Å². The first-order valence-corrected chi connectivity index (χ1v) is 10.4. The summed E-state index contributed by atoms with van der Waals surface area (Å²) >= 11 is 3.23. The lowest BCUT2D eigenvalue weighted by atomic mass is 10.1. The van der Waals surface area contributed by atoms with Crippen LogP contribution in [-0.2, 0) is 14.4 Å². The number of halogens is 2. The SMILES string of the molecule is COc1ccc(Br)c(-c2cnc(S(=O)(=O)CP(=O)(O)O)nc2F)c1. The molecule has 0 saturated carbocycles. The molecule has 2 N–H and O–H groups in total. The van der Waals surface area contributed by atoms with E-state index in [-0.39, 0.29) is 5.56 Å². The van der Waals surface area contributed by atoms with E-state index in [2.05, 4.69) is 25.9 Å². The van der Waals surface area contributed by atoms with Crippen LogP contribution < -0.4 is 4.74 Å². The van der Waals surface area contributed by atoms with E-state index in [0.29, 0.717) is 15.8 Å². The molecular formula is C12H11BrFN2O6PS. The normalized spacial score (nSPS) is 12.2. The number of methoxy groups -OCH3 is 1. The zero-order chi connectivity index (χ0) is 18.1. The Bertz CT molecular complexity index is 933. The highest BCUT2D eigenvalue weighted by atomic mass is 79.9. The van der Waals surface area contributed by atoms with Crippen LogP contribution in [0.15, 0.2) is 34.0 Å². The van der Waals surface area contributed by atoms with E-state index in [9.17, 15) is 17.4 Å². The van der Waals surface area contributed by atoms with Crippen molar-refractivity contribution >= 4 is 33.4 Å². The molecule has 0 bridgehead atoms. The lowest BCUT2D eigenvalue weighted by Crippen LogP contribution is -2.12. The maximum Gasteiger partial charge on any atom is 0.341 e. The van der Waals surface area contributed by atoms with E-state index in [0.717, 1.165) is 6.20 Å². The fraction of sp³-hybridized carbons (Fsp3) is 0.167. The third-order valence-corrected chi connectivity index (χ3v) is 6.95. The van der Waals surface area contributed by atoms with Crippen LogP contribution in [0, 0.1) is 5.95 Å². The van der Waals surface area contributed by atoms with Crippen molar-refractivity contribution in [2.24, 2.45) is 0 Å². The van der Waals surface area contributed by atoms with E-state index in [1.54, 1.807) is 12.1 Å². The highest BCUT2D eigenvalue weighted by Crippen LogP contribution is 2.38. The summed E-state index contributed by atoms with van der Waals surface area (Å²) in [6.07, 6.45) is 0.925. The van der Waals surface area contributed by atoms with E-state index < -0.39 is 34.0 Å². The molecule has 0 unspecified atom stereocenters. The van der Waals surface area contributed by atoms with Gasteiger partial charge >= 0.3 is 7.60 Å². The number of aromatic nitrogens is 2. The van der Waals surface area contributed by atoms with Gasteiger partial charge in [0.05, 0.1) is 12.7 Å². The van der Waals surface area contributed by atoms with Crippen LogP contribution in [0.3, 0.4) is 0 Å². The fourth-order valence-electron chi connectivity index (χ4n) is 1.79. The van der Waals surface area contributed by atoms with Crippen LogP contribution in [0.5, 0.6) is 5.75 Å². The molecule has 0 aliphatic heterocycles. The van der Waals surface area contributed by atoms with Gasteiger partial charge in [-0.1, -0.05) is 15.9 Å². The molecule has 0 aliphatic rings. The second kappa shape index (κ2) is 6.85. The predicted octanol–water partition coefficient (Wildman–Crippen LogP) is 1.96. The van der Waals surface area contributed by atoms with Gasteiger partial charge in [0.1, 0.15) is 5.75 Å². The minimum Gasteiger partial charge on any atom is -0.497 e. The van der Waals surface area contributed by atoms with Crippen LogP contribution in [0.2, 0.25) is 0 Å². The van der Waals surface area contributed by atoms with E-state index in [1.807, 2.05) is 0 Å². The smallest absolute Gasteiger partial charge is 0.341 e. The van der Waals surface area contributed by atoms with Crippen LogP contribution >= 0.6 is 23.5 Å². The van der Waals surface area contributed by atoms with Crippen molar-refractivity contribution in [3.8, 4) is 16.9 Å². The summed E-state index contributed by atoms with van der Waals surface area (Å²) in [6.45, 7) is 0. The van der Waals surface area contributed by atoms with Gasteiger partial charge in [0.2, 0.25) is 20.9 Å². The summed E-state index contributed by atoms with van der Waals surface area (Å²) in [5.74, 6) is -0.714. The molecule has 0 amide bonds. The molecule has 1 aromatic carbocycles. The topological polar surface area (TPSA) is 127 Å². The van der Waals surface area contributed by atoms with Gasteiger partial charge < -0.3 is 14.5 Å². The van der Waals surface area contributed by atoms with E-state index >= 15 is 0 Å². The van der Waals surface area contributed by atoms with Crippen molar-refractivity contribution in [2.75, 3.05) is 12.6 Å². The Morgan fingerprint density at radius 3 is 2.54 bits per heavy atom. The Hall–Kier alpha value is -1.39. The van der Waals surface area contributed by atoms with Crippen LogP contribution in [0.4, 0.5) is 4.39 Å². The quantitative estimate of drug-likeness (QED) is 0.410. The third kappa shape index (κ3) is 4.37. The maximum absolute atomic E-state index is 14.2. The lowest BCUT2D eigenvalue weighted by Gasteiger charge is -2.09. The van der Waals surface area contributed by atoms with E-state index in [4.69, 9.17) is 14.5 Å². The monoisotopic (exact) mass is 440 g/mol. The number of sulfone groups is 1. The molecule has 0 aliphatic carbocycles. The highest BCUT2D eigenvalue weighted by molar-refractivity contribution is 9.10. The highest BCUT2D eigenvalue weighted by Gasteiger charge is 2.30. The van der Waals surface area contributed by atoms with Gasteiger partial charge in [0.15, 0.2) is 5.49 Å². The van der Waals surface area contributed by atoms with Gasteiger partial charge in [-0.25, -0.2) is 13.4 Å². The largest absolute Gasteiger partial charge is 0.497 e. The summed E-state index contributed by atoms with van der Waals surface area (Å²) in [7, 11) is -7.97. The molecule has 1 heterocycles. The van der Waals surface area contributed by atoms with Crippen molar-refractivity contribution in [2.45, 2.75) is 5.16 Å². The standard InChI is InChI=1S/C12H11BrFN2O6PS/c1-22-7-2-3-10(13)8(4-7)9-5-15-12(16-11(9)14)24(20,21)6-23(17,18)19/h2-5H,6H2,1H3,(H2,17,18,19). The van der Waals surface area contributed by atoms with Gasteiger partial charge in [0, 0.05) is 16.2 Å². The zero-order valence-electron chi connectivity index (χ0n) is 12.0. The fourth-order valence-corrected chi connectivity index (χ4v) is 4.92. The van der Waals surface area contributed by atoms with Gasteiger partial charge in [-0.3, -0.25) is 4.57 Å². The van der Waals surface area contributed by atoms with Gasteiger partial charge in [-0.15, -0.1) is 0 Å². The van der Waals surface area contributed by atoms with Crippen molar-refractivity contribution < 1.29 is 31.9 Å². The van der Waals surface area contributed by atoms with Gasteiger partial charge in [-0.05, 0) is 18.2 Å². The molecule has 0 saturated heterocycles. The summed E-state index contributed by atoms with van der Waals surface area (Å²) in [4.78, 5) is 24.3. The first-order chi connectivity index (χ1) is 11.0. The zero-order valence-corrected chi connectivity index (χ0v) is 15.3. The molecular weight excluding hydrogens is 430 g/mol. The minimum absolute atomic E-state index is 0.101. The summed E-state index contributed by atoms with van der Waals surface area (Å²) < 4.78 is 54.2. The molecule has 2 rings (SSSR count). The molecule has 24 heavy (non-hydrogen) atoms. The minimum atomic E-state index is -4.87. The number of benzene rings is 1. The molecule has 0 atom stereocenters. The first-order valence-electron chi connectivity index (χ1n) is 6.17. The summed E-state index contributed by atoms with van der Waals surface area (Å²) in [5, 5.41) is -0.994. The number of ether oxygens (including phenoxy) is 1. The second-order valence-electron chi connectivity index (χ2n) is 4.61. The Morgan fingerprint density at radius 2 is 2.00 bits per heavy atom. The van der Waals surface area contributed by atoms with Crippen molar-refractivity contribution in [3.05, 3.63) is 34.8 Å². The molecule has 12 heteroatoms. The number of rotatable bonds is 5. The first kappa shape index (κ1) is 18.9. The van der Waals surface area contributed by atoms with Gasteiger partial charge in [-0.2, -0.15) is 9.37 Å². The number of hydrogen-bond acceptors (Lipinski definition) is 6. The number of nitrogens with zero attached hydrogens (tertiary/aromatic N) is 2. The maximum atomic E-state index is 14.2.